The van der Waals surface area contributed by atoms with E-state index in [4.69, 9.17) is 4.42 Å². The maximum absolute atomic E-state index is 6.42. The van der Waals surface area contributed by atoms with Gasteiger partial charge in [-0.2, -0.15) is 0 Å². The SMILES string of the molecule is CC(C)(C)c1ccc(N2c3cc(-c4ccc5c(c4)oc4ccccc45)cc4c3B(c3ccccc3-4)c3sc4ccccc4c32)c(-c2ccccc2)c1. The summed E-state index contributed by atoms with van der Waals surface area (Å²) < 4.78 is 9.15. The van der Waals surface area contributed by atoms with Gasteiger partial charge in [0.25, 0.3) is 6.71 Å². The lowest BCUT2D eigenvalue weighted by molar-refractivity contribution is 0.590. The molecule has 0 saturated heterocycles. The number of fused-ring (bicyclic) bond motifs is 10. The van der Waals surface area contributed by atoms with Gasteiger partial charge in [0, 0.05) is 36.9 Å². The smallest absolute Gasteiger partial charge is 0.260 e. The van der Waals surface area contributed by atoms with Crippen LogP contribution in [0.15, 0.2) is 156 Å². The number of furan rings is 1. The molecule has 0 N–H and O–H groups in total. The Morgan fingerprint density at radius 3 is 2.15 bits per heavy atom. The summed E-state index contributed by atoms with van der Waals surface area (Å²) in [5.41, 5.74) is 17.1. The van der Waals surface area contributed by atoms with Gasteiger partial charge in [-0.15, -0.1) is 11.3 Å². The first kappa shape index (κ1) is 29.9. The molecular weight excluding hydrogens is 649 g/mol. The summed E-state index contributed by atoms with van der Waals surface area (Å²) in [6, 6.07) is 56.1. The van der Waals surface area contributed by atoms with Crippen LogP contribution in [0.3, 0.4) is 0 Å². The molecule has 9 aromatic rings. The first-order valence-electron chi connectivity index (χ1n) is 18.1. The molecule has 2 nitrogen and oxygen atoms in total. The largest absolute Gasteiger partial charge is 0.456 e. The molecule has 0 amide bonds. The van der Waals surface area contributed by atoms with E-state index < -0.39 is 0 Å². The zero-order valence-electron chi connectivity index (χ0n) is 29.3. The van der Waals surface area contributed by atoms with Crippen LogP contribution in [-0.2, 0) is 5.41 Å². The minimum absolute atomic E-state index is 0.00734. The monoisotopic (exact) mass is 683 g/mol. The highest BCUT2D eigenvalue weighted by atomic mass is 32.1. The summed E-state index contributed by atoms with van der Waals surface area (Å²) in [6.45, 7) is 7.09. The van der Waals surface area contributed by atoms with E-state index in [0.717, 1.165) is 27.5 Å². The second kappa shape index (κ2) is 10.8. The predicted octanol–water partition coefficient (Wildman–Crippen LogP) is 11.7. The zero-order chi connectivity index (χ0) is 34.7. The lowest BCUT2D eigenvalue weighted by Crippen LogP contribution is -2.53. The van der Waals surface area contributed by atoms with E-state index in [9.17, 15) is 0 Å². The Labute approximate surface area is 307 Å². The van der Waals surface area contributed by atoms with Crippen LogP contribution in [0.2, 0.25) is 0 Å². The fraction of sp³-hybridized carbons (Fsp3) is 0.0833. The van der Waals surface area contributed by atoms with Crippen molar-refractivity contribution < 1.29 is 4.42 Å². The number of anilines is 3. The Morgan fingerprint density at radius 2 is 1.29 bits per heavy atom. The highest BCUT2D eigenvalue weighted by molar-refractivity contribution is 7.34. The second-order valence-electron chi connectivity index (χ2n) is 15.3. The Kier molecular flexibility index (Phi) is 6.22. The molecule has 0 bridgehead atoms. The zero-order valence-corrected chi connectivity index (χ0v) is 30.1. The van der Waals surface area contributed by atoms with Crippen LogP contribution in [0.4, 0.5) is 17.1 Å². The fourth-order valence-electron chi connectivity index (χ4n) is 8.74. The molecule has 2 aliphatic rings. The summed E-state index contributed by atoms with van der Waals surface area (Å²) in [6.07, 6.45) is 0. The number of hydrogen-bond donors (Lipinski definition) is 0. The topological polar surface area (TPSA) is 16.4 Å². The first-order valence-corrected chi connectivity index (χ1v) is 18.9. The van der Waals surface area contributed by atoms with Crippen molar-refractivity contribution in [3.63, 3.8) is 0 Å². The molecule has 4 heterocycles. The van der Waals surface area contributed by atoms with Gasteiger partial charge >= 0.3 is 0 Å². The van der Waals surface area contributed by atoms with Gasteiger partial charge in [-0.25, -0.2) is 0 Å². The molecule has 0 saturated carbocycles. The number of thiophene rings is 1. The lowest BCUT2D eigenvalue weighted by atomic mass is 9.40. The first-order chi connectivity index (χ1) is 25.4. The summed E-state index contributed by atoms with van der Waals surface area (Å²) >= 11 is 1.95. The number of para-hydroxylation sites is 1. The maximum Gasteiger partial charge on any atom is 0.260 e. The number of rotatable bonds is 3. The predicted molar refractivity (Wildman–Crippen MR) is 223 cm³/mol. The molecule has 0 atom stereocenters. The molecule has 7 aromatic carbocycles. The van der Waals surface area contributed by atoms with Crippen molar-refractivity contribution in [1.29, 1.82) is 0 Å². The molecule has 0 aliphatic carbocycles. The van der Waals surface area contributed by atoms with Gasteiger partial charge in [0.05, 0.1) is 11.4 Å². The van der Waals surface area contributed by atoms with Crippen molar-refractivity contribution in [1.82, 2.24) is 0 Å². The van der Waals surface area contributed by atoms with Gasteiger partial charge in [-0.1, -0.05) is 129 Å². The van der Waals surface area contributed by atoms with Crippen molar-refractivity contribution in [2.45, 2.75) is 26.2 Å². The van der Waals surface area contributed by atoms with Crippen LogP contribution in [0.1, 0.15) is 26.3 Å². The van der Waals surface area contributed by atoms with Crippen LogP contribution < -0.4 is 20.6 Å². The third-order valence-corrected chi connectivity index (χ3v) is 12.5. The standard InChI is InChI=1S/C48H34BNOS/c1-48(2,3)32-22-24-40(37(28-32)29-13-5-4-6-14-29)50-41-26-31(30-21-23-35-34-16-8-11-19-42(34)51-43(35)27-30)25-38-33-15-7-10-18-39(33)49(45(38)41)47-46(50)36-17-9-12-20-44(36)52-47/h4-28H,1-3H3. The van der Waals surface area contributed by atoms with Gasteiger partial charge < -0.3 is 9.32 Å². The van der Waals surface area contributed by atoms with E-state index in [-0.39, 0.29) is 12.1 Å². The van der Waals surface area contributed by atoms with Gasteiger partial charge in [-0.05, 0) is 92.8 Å². The summed E-state index contributed by atoms with van der Waals surface area (Å²) in [5, 5.41) is 3.60. The minimum atomic E-state index is 0.00734. The second-order valence-corrected chi connectivity index (χ2v) is 16.4. The average Bonchev–Trinajstić information content (AvgIpc) is 3.85. The van der Waals surface area contributed by atoms with Crippen LogP contribution in [0.5, 0.6) is 0 Å². The Balaban J connectivity index is 1.24. The number of hydrogen-bond acceptors (Lipinski definition) is 3. The van der Waals surface area contributed by atoms with Gasteiger partial charge in [0.15, 0.2) is 0 Å². The quantitative estimate of drug-likeness (QED) is 0.172. The van der Waals surface area contributed by atoms with E-state index in [1.807, 2.05) is 17.4 Å². The molecule has 0 fully saturated rings. The molecular formula is C48H34BNOS. The molecule has 246 valence electrons. The van der Waals surface area contributed by atoms with Crippen molar-refractivity contribution in [2.24, 2.45) is 0 Å². The third kappa shape index (κ3) is 4.25. The summed E-state index contributed by atoms with van der Waals surface area (Å²) in [5.74, 6) is 0. The van der Waals surface area contributed by atoms with Crippen molar-refractivity contribution in [2.75, 3.05) is 4.90 Å². The summed E-state index contributed by atoms with van der Waals surface area (Å²) in [4.78, 5) is 2.60. The van der Waals surface area contributed by atoms with E-state index in [1.54, 1.807) is 0 Å². The van der Waals surface area contributed by atoms with Crippen LogP contribution in [-0.4, -0.2) is 6.71 Å². The highest BCUT2D eigenvalue weighted by Gasteiger charge is 2.45. The third-order valence-electron chi connectivity index (χ3n) is 11.2. The molecule has 11 rings (SSSR count). The van der Waals surface area contributed by atoms with Gasteiger partial charge in [-0.3, -0.25) is 0 Å². The van der Waals surface area contributed by atoms with Crippen LogP contribution in [0, 0.1) is 0 Å². The number of nitrogens with zero attached hydrogens (tertiary/aromatic N) is 1. The van der Waals surface area contributed by atoms with Crippen LogP contribution >= 0.6 is 11.3 Å². The normalized spacial score (nSPS) is 13.2. The van der Waals surface area contributed by atoms with E-state index >= 15 is 0 Å². The molecule has 4 heteroatoms. The number of benzene rings is 7. The average molecular weight is 684 g/mol. The Morgan fingerprint density at radius 1 is 0.538 bits per heavy atom. The maximum atomic E-state index is 6.42. The molecule has 0 spiro atoms. The molecule has 2 aliphatic heterocycles. The van der Waals surface area contributed by atoms with Gasteiger partial charge in [0.2, 0.25) is 0 Å². The lowest BCUT2D eigenvalue weighted by Gasteiger charge is -2.36. The van der Waals surface area contributed by atoms with Gasteiger partial charge in [0.1, 0.15) is 11.2 Å². The van der Waals surface area contributed by atoms with Crippen molar-refractivity contribution in [3.05, 3.63) is 157 Å². The molecule has 0 unspecified atom stereocenters. The highest BCUT2D eigenvalue weighted by Crippen LogP contribution is 2.50. The van der Waals surface area contributed by atoms with E-state index in [1.165, 1.54) is 76.2 Å². The minimum Gasteiger partial charge on any atom is -0.456 e. The molecule has 52 heavy (non-hydrogen) atoms. The summed E-state index contributed by atoms with van der Waals surface area (Å²) in [7, 11) is 0. The van der Waals surface area contributed by atoms with E-state index in [2.05, 4.69) is 171 Å². The fourth-order valence-corrected chi connectivity index (χ4v) is 10.1. The van der Waals surface area contributed by atoms with E-state index in [0.29, 0.717) is 0 Å². The molecule has 0 radical (unpaired) electrons. The Hall–Kier alpha value is -5.84. The van der Waals surface area contributed by atoms with Crippen molar-refractivity contribution in [3.8, 4) is 33.4 Å². The van der Waals surface area contributed by atoms with Crippen molar-refractivity contribution >= 4 is 82.8 Å². The molecule has 2 aromatic heterocycles. The Bertz CT molecular complexity index is 2910. The van der Waals surface area contributed by atoms with Crippen LogP contribution in [0.25, 0.3) is 65.4 Å².